The number of hydrogen-bond acceptors (Lipinski definition) is 4. The number of ether oxygens (including phenoxy) is 2. The third kappa shape index (κ3) is 8.38. The van der Waals surface area contributed by atoms with Crippen molar-refractivity contribution in [2.75, 3.05) is 14.2 Å². The minimum Gasteiger partial charge on any atom is -0.465 e. The highest BCUT2D eigenvalue weighted by Crippen LogP contribution is 2.34. The van der Waals surface area contributed by atoms with E-state index in [2.05, 4.69) is 25.4 Å². The molecule has 0 bridgehead atoms. The molecule has 0 atom stereocenters. The third-order valence-electron chi connectivity index (χ3n) is 4.13. The number of carbonyl (C=O) groups is 2. The number of halogens is 7. The summed E-state index contributed by atoms with van der Waals surface area (Å²) in [5.74, 6) is -1.73. The average molecular weight is 543 g/mol. The number of hydrogen-bond donors (Lipinski definition) is 0. The molecule has 0 N–H and O–H groups in total. The van der Waals surface area contributed by atoms with Crippen LogP contribution in [0.15, 0.2) is 40.9 Å². The molecule has 33 heavy (non-hydrogen) atoms. The second-order valence-electron chi connectivity index (χ2n) is 7.15. The van der Waals surface area contributed by atoms with E-state index in [9.17, 15) is 35.9 Å². The number of methoxy groups -OCH3 is 2. The lowest BCUT2D eigenvalue weighted by Crippen LogP contribution is -2.15. The molecule has 0 aliphatic carbocycles. The summed E-state index contributed by atoms with van der Waals surface area (Å²) in [6, 6.07) is 6.98. The molecular formula is C22H21BrF6O4. The summed E-state index contributed by atoms with van der Waals surface area (Å²) in [4.78, 5) is 22.3. The molecule has 2 aromatic carbocycles. The molecule has 0 fully saturated rings. The van der Waals surface area contributed by atoms with Gasteiger partial charge in [0.25, 0.3) is 0 Å². The summed E-state index contributed by atoms with van der Waals surface area (Å²) >= 11 is 2.91. The molecule has 0 amide bonds. The maximum Gasteiger partial charge on any atom is 0.417 e. The second kappa shape index (κ2) is 11.5. The standard InChI is InChI=1S/C13H15F3O2.C9H6BrF3O2/c1-8(2)6-9-4-5-10(12(17)18-3)11(7-9)13(14,15)16;1-15-8(14)6-3-2-5(10)4-7(6)9(11,12)13/h4-5,7-8H,6H2,1-3H3;2-4H,1H3. The second-order valence-corrected chi connectivity index (χ2v) is 8.06. The summed E-state index contributed by atoms with van der Waals surface area (Å²) in [7, 11) is 2.09. The Balaban J connectivity index is 0.000000335. The largest absolute Gasteiger partial charge is 0.465 e. The van der Waals surface area contributed by atoms with Crippen molar-refractivity contribution in [1.82, 2.24) is 0 Å². The number of benzene rings is 2. The molecular weight excluding hydrogens is 522 g/mol. The zero-order valence-corrected chi connectivity index (χ0v) is 19.6. The first-order valence-electron chi connectivity index (χ1n) is 9.35. The molecule has 0 saturated heterocycles. The van der Waals surface area contributed by atoms with Gasteiger partial charge in [-0.2, -0.15) is 26.3 Å². The van der Waals surface area contributed by atoms with Crippen molar-refractivity contribution < 1.29 is 45.4 Å². The van der Waals surface area contributed by atoms with Gasteiger partial charge in [0.05, 0.1) is 36.5 Å². The Bertz CT molecular complexity index is 984. The average Bonchev–Trinajstić information content (AvgIpc) is 2.71. The predicted molar refractivity (Wildman–Crippen MR) is 112 cm³/mol. The van der Waals surface area contributed by atoms with Gasteiger partial charge in [-0.15, -0.1) is 0 Å². The van der Waals surface area contributed by atoms with Crippen LogP contribution in [0.25, 0.3) is 0 Å². The van der Waals surface area contributed by atoms with Crippen molar-refractivity contribution in [1.29, 1.82) is 0 Å². The van der Waals surface area contributed by atoms with Crippen LogP contribution in [0.3, 0.4) is 0 Å². The lowest BCUT2D eigenvalue weighted by molar-refractivity contribution is -0.138. The van der Waals surface area contributed by atoms with Gasteiger partial charge in [-0.25, -0.2) is 9.59 Å². The Labute approximate surface area is 195 Å². The summed E-state index contributed by atoms with van der Waals surface area (Å²) in [6.45, 7) is 3.84. The Morgan fingerprint density at radius 3 is 1.64 bits per heavy atom. The normalized spacial score (nSPS) is 11.5. The van der Waals surface area contributed by atoms with Gasteiger partial charge in [-0.3, -0.25) is 0 Å². The third-order valence-corrected chi connectivity index (χ3v) is 4.62. The van der Waals surface area contributed by atoms with Gasteiger partial charge >= 0.3 is 24.3 Å². The van der Waals surface area contributed by atoms with E-state index in [1.54, 1.807) is 0 Å². The molecule has 2 aromatic rings. The first-order valence-corrected chi connectivity index (χ1v) is 10.1. The van der Waals surface area contributed by atoms with Crippen LogP contribution in [0.4, 0.5) is 26.3 Å². The molecule has 4 nitrogen and oxygen atoms in total. The van der Waals surface area contributed by atoms with E-state index >= 15 is 0 Å². The molecule has 0 saturated carbocycles. The molecule has 11 heteroatoms. The minimum absolute atomic E-state index is 0.245. The topological polar surface area (TPSA) is 52.6 Å². The predicted octanol–water partition coefficient (Wildman–Crippen LogP) is 6.95. The first kappa shape index (κ1) is 28.5. The van der Waals surface area contributed by atoms with Crippen molar-refractivity contribution in [3.8, 4) is 0 Å². The number of carbonyl (C=O) groups excluding carboxylic acids is 2. The van der Waals surface area contributed by atoms with Crippen LogP contribution in [0, 0.1) is 5.92 Å². The van der Waals surface area contributed by atoms with E-state index < -0.39 is 46.5 Å². The lowest BCUT2D eigenvalue weighted by atomic mass is 9.97. The van der Waals surface area contributed by atoms with E-state index in [-0.39, 0.29) is 10.4 Å². The highest BCUT2D eigenvalue weighted by Gasteiger charge is 2.36. The van der Waals surface area contributed by atoms with Gasteiger partial charge in [0.2, 0.25) is 0 Å². The van der Waals surface area contributed by atoms with Gasteiger partial charge in [0.15, 0.2) is 0 Å². The van der Waals surface area contributed by atoms with Crippen LogP contribution in [-0.4, -0.2) is 26.2 Å². The summed E-state index contributed by atoms with van der Waals surface area (Å²) in [5.41, 5.74) is -2.33. The van der Waals surface area contributed by atoms with Crippen molar-refractivity contribution in [2.24, 2.45) is 5.92 Å². The first-order chi connectivity index (χ1) is 15.1. The summed E-state index contributed by atoms with van der Waals surface area (Å²) < 4.78 is 84.9. The Morgan fingerprint density at radius 1 is 0.818 bits per heavy atom. The van der Waals surface area contributed by atoms with Gasteiger partial charge in [-0.1, -0.05) is 35.8 Å². The fourth-order valence-electron chi connectivity index (χ4n) is 2.75. The Hall–Kier alpha value is -2.56. The minimum atomic E-state index is -4.58. The molecule has 0 spiro atoms. The Kier molecular flexibility index (Phi) is 9.95. The summed E-state index contributed by atoms with van der Waals surface area (Å²) in [6.07, 6.45) is -8.60. The fourth-order valence-corrected chi connectivity index (χ4v) is 3.11. The summed E-state index contributed by atoms with van der Waals surface area (Å²) in [5, 5.41) is 0. The van der Waals surface area contributed by atoms with Crippen LogP contribution in [-0.2, 0) is 28.2 Å². The monoisotopic (exact) mass is 542 g/mol. The van der Waals surface area contributed by atoms with Gasteiger partial charge in [0.1, 0.15) is 0 Å². The molecule has 0 aromatic heterocycles. The molecule has 0 unspecified atom stereocenters. The molecule has 0 aliphatic heterocycles. The highest BCUT2D eigenvalue weighted by atomic mass is 79.9. The molecule has 0 aliphatic rings. The van der Waals surface area contributed by atoms with E-state index in [4.69, 9.17) is 0 Å². The fraction of sp³-hybridized carbons (Fsp3) is 0.364. The maximum absolute atomic E-state index is 12.9. The highest BCUT2D eigenvalue weighted by molar-refractivity contribution is 9.10. The van der Waals surface area contributed by atoms with E-state index in [1.807, 2.05) is 13.8 Å². The molecule has 0 heterocycles. The number of alkyl halides is 6. The molecule has 182 valence electrons. The number of rotatable bonds is 4. The van der Waals surface area contributed by atoms with Gasteiger partial charge < -0.3 is 9.47 Å². The van der Waals surface area contributed by atoms with E-state index in [0.29, 0.717) is 12.0 Å². The Morgan fingerprint density at radius 2 is 1.24 bits per heavy atom. The molecule has 2 rings (SSSR count). The van der Waals surface area contributed by atoms with Crippen LogP contribution in [0.1, 0.15) is 51.3 Å². The smallest absolute Gasteiger partial charge is 0.417 e. The van der Waals surface area contributed by atoms with Crippen molar-refractivity contribution in [2.45, 2.75) is 32.6 Å². The number of esters is 2. The van der Waals surface area contributed by atoms with Crippen molar-refractivity contribution in [3.05, 3.63) is 68.7 Å². The van der Waals surface area contributed by atoms with Crippen molar-refractivity contribution in [3.63, 3.8) is 0 Å². The maximum atomic E-state index is 12.9. The molecule has 0 radical (unpaired) electrons. The van der Waals surface area contributed by atoms with E-state index in [1.165, 1.54) is 18.2 Å². The van der Waals surface area contributed by atoms with Crippen LogP contribution >= 0.6 is 15.9 Å². The van der Waals surface area contributed by atoms with E-state index in [0.717, 1.165) is 32.4 Å². The lowest BCUT2D eigenvalue weighted by Gasteiger charge is -2.14. The van der Waals surface area contributed by atoms with Gasteiger partial charge in [0, 0.05) is 4.47 Å². The zero-order chi connectivity index (χ0) is 25.6. The van der Waals surface area contributed by atoms with Gasteiger partial charge in [-0.05, 0) is 48.2 Å². The van der Waals surface area contributed by atoms with Crippen molar-refractivity contribution >= 4 is 27.9 Å². The van der Waals surface area contributed by atoms with Crippen LogP contribution < -0.4 is 0 Å². The van der Waals surface area contributed by atoms with Crippen LogP contribution in [0.2, 0.25) is 0 Å². The zero-order valence-electron chi connectivity index (χ0n) is 18.0. The quantitative estimate of drug-likeness (QED) is 0.310. The SMILES string of the molecule is COC(=O)c1ccc(Br)cc1C(F)(F)F.COC(=O)c1ccc(CC(C)C)cc1C(F)(F)F. The van der Waals surface area contributed by atoms with Crippen LogP contribution in [0.5, 0.6) is 0 Å².